The largest absolute Gasteiger partial charge is 0.394 e. The first kappa shape index (κ1) is 37.5. The van der Waals surface area contributed by atoms with Gasteiger partial charge in [0.05, 0.1) is 61.9 Å². The zero-order chi connectivity index (χ0) is 31.2. The molecule has 0 saturated heterocycles. The summed E-state index contributed by atoms with van der Waals surface area (Å²) in [5.41, 5.74) is 1.27. The van der Waals surface area contributed by atoms with Crippen LogP contribution in [0.1, 0.15) is 41.4 Å². The van der Waals surface area contributed by atoms with E-state index in [1.807, 2.05) is 0 Å². The quantitative estimate of drug-likeness (QED) is 0.119. The lowest BCUT2D eigenvalue weighted by atomic mass is 9.81. The van der Waals surface area contributed by atoms with Gasteiger partial charge in [-0.1, -0.05) is 24.3 Å². The zero-order valence-electron chi connectivity index (χ0n) is 23.1. The number of hydroxylamine groups is 4. The summed E-state index contributed by atoms with van der Waals surface area (Å²) in [5.74, 6) is 2.48. The lowest BCUT2D eigenvalue weighted by Gasteiger charge is -2.12. The van der Waals surface area contributed by atoms with E-state index in [-0.39, 0.29) is 29.4 Å². The number of methoxy groups -OCH3 is 3. The van der Waals surface area contributed by atoms with E-state index in [0.717, 1.165) is 5.06 Å². The Balaban J connectivity index is 0.000000563. The monoisotopic (exact) mass is 573 g/mol. The van der Waals surface area contributed by atoms with Gasteiger partial charge < -0.3 is 24.2 Å². The number of carbonyl (C=O) groups excluding carboxylic acids is 4. The number of nitrogens with two attached hydrogens (primary N) is 1. The SMILES string of the molecule is COCCO.COCCON.COCCON1C(=O)c2ccccc2C1=O.O=C1c2ccccc2C(=O)N1O.[B][B]. The van der Waals surface area contributed by atoms with E-state index in [4.69, 9.17) is 19.9 Å². The van der Waals surface area contributed by atoms with E-state index >= 15 is 0 Å². The number of imide groups is 2. The molecule has 0 unspecified atom stereocenters. The predicted octanol–water partition coefficient (Wildman–Crippen LogP) is -0.0810. The third kappa shape index (κ3) is 11.9. The van der Waals surface area contributed by atoms with Crippen LogP contribution in [0.4, 0.5) is 0 Å². The molecular weight excluding hydrogens is 540 g/mol. The highest BCUT2D eigenvalue weighted by Gasteiger charge is 2.36. The van der Waals surface area contributed by atoms with Crippen LogP contribution in [0.3, 0.4) is 0 Å². The summed E-state index contributed by atoms with van der Waals surface area (Å²) in [4.78, 5) is 54.8. The van der Waals surface area contributed by atoms with Crippen LogP contribution in [0, 0.1) is 0 Å². The van der Waals surface area contributed by atoms with Gasteiger partial charge in [-0.2, -0.15) is 0 Å². The minimum atomic E-state index is -0.657. The van der Waals surface area contributed by atoms with Crippen molar-refractivity contribution in [1.29, 1.82) is 0 Å². The first-order valence-electron chi connectivity index (χ1n) is 11.8. The average Bonchev–Trinajstić information content (AvgIpc) is 3.38. The minimum absolute atomic E-state index is 0.122. The fraction of sp³-hybridized carbons (Fsp3) is 0.360. The Morgan fingerprint density at radius 1 is 0.659 bits per heavy atom. The van der Waals surface area contributed by atoms with Crippen LogP contribution in [-0.4, -0.2) is 121 Å². The van der Waals surface area contributed by atoms with Crippen LogP contribution in [0.2, 0.25) is 0 Å². The molecule has 220 valence electrons. The van der Waals surface area contributed by atoms with Crippen LogP contribution in [0.25, 0.3) is 0 Å². The highest BCUT2D eigenvalue weighted by atomic mass is 16.7. The van der Waals surface area contributed by atoms with Crippen molar-refractivity contribution in [2.75, 3.05) is 61.0 Å². The second kappa shape index (κ2) is 22.2. The summed E-state index contributed by atoms with van der Waals surface area (Å²) in [6.07, 6.45) is 0. The summed E-state index contributed by atoms with van der Waals surface area (Å²) < 4.78 is 13.8. The van der Waals surface area contributed by atoms with Crippen LogP contribution in [0.5, 0.6) is 0 Å². The second-order valence-electron chi connectivity index (χ2n) is 7.32. The zero-order valence-corrected chi connectivity index (χ0v) is 23.1. The Labute approximate surface area is 240 Å². The number of benzene rings is 2. The van der Waals surface area contributed by atoms with Gasteiger partial charge >= 0.3 is 0 Å². The molecule has 14 nitrogen and oxygen atoms in total. The molecule has 0 aliphatic carbocycles. The Morgan fingerprint density at radius 3 is 1.32 bits per heavy atom. The number of carbonyl (C=O) groups is 4. The minimum Gasteiger partial charge on any atom is -0.394 e. The standard InChI is InChI=1S/C11H11NO4.C8H5NO3.C3H9NO2.C3H8O2.B2/c1-15-6-7-16-12-10(13)8-4-2-3-5-9(8)11(12)14;10-7-5-3-1-2-4-6(5)8(11)9(7)12;1-5-2-3-6-4;1-5-3-2-4;1-2/h2-5H,6-7H2,1H3;1-4,12H;2-4H2,1H3;4H,2-3H2,1H3;. The van der Waals surface area contributed by atoms with Gasteiger partial charge in [-0.3, -0.25) is 29.2 Å². The number of fused-ring (bicyclic) bond motifs is 2. The van der Waals surface area contributed by atoms with Gasteiger partial charge in [0, 0.05) is 36.8 Å². The highest BCUT2D eigenvalue weighted by Crippen LogP contribution is 2.22. The van der Waals surface area contributed by atoms with Gasteiger partial charge in [-0.05, 0) is 24.3 Å². The predicted molar refractivity (Wildman–Crippen MR) is 146 cm³/mol. The third-order valence-electron chi connectivity index (χ3n) is 4.74. The fourth-order valence-corrected chi connectivity index (χ4v) is 2.90. The van der Waals surface area contributed by atoms with E-state index in [9.17, 15) is 19.2 Å². The highest BCUT2D eigenvalue weighted by molar-refractivity contribution is 6.75. The molecule has 0 atom stereocenters. The van der Waals surface area contributed by atoms with Crippen molar-refractivity contribution in [2.45, 2.75) is 0 Å². The molecule has 2 aromatic carbocycles. The Morgan fingerprint density at radius 2 is 1.02 bits per heavy atom. The van der Waals surface area contributed by atoms with Crippen molar-refractivity contribution < 1.29 is 53.4 Å². The van der Waals surface area contributed by atoms with E-state index in [2.05, 4.69) is 35.7 Å². The number of hydrogen-bond acceptors (Lipinski definition) is 12. The van der Waals surface area contributed by atoms with Crippen LogP contribution in [-0.2, 0) is 23.9 Å². The molecule has 2 heterocycles. The molecule has 2 aliphatic rings. The molecule has 16 heteroatoms. The molecular formula is C25H33B2N3O11. The molecule has 2 aromatic rings. The van der Waals surface area contributed by atoms with Crippen LogP contribution in [0.15, 0.2) is 48.5 Å². The number of ether oxygens (including phenoxy) is 3. The molecule has 0 fully saturated rings. The van der Waals surface area contributed by atoms with Crippen molar-refractivity contribution in [2.24, 2.45) is 5.90 Å². The molecule has 4 radical (unpaired) electrons. The van der Waals surface area contributed by atoms with Crippen molar-refractivity contribution in [3.63, 3.8) is 0 Å². The second-order valence-corrected chi connectivity index (χ2v) is 7.32. The average molecular weight is 573 g/mol. The van der Waals surface area contributed by atoms with Crippen LogP contribution >= 0.6 is 0 Å². The first-order chi connectivity index (χ1) is 19.8. The number of hydrogen-bond donors (Lipinski definition) is 3. The Hall–Kier alpha value is -3.47. The lowest BCUT2D eigenvalue weighted by Crippen LogP contribution is -2.31. The summed E-state index contributed by atoms with van der Waals surface area (Å²) in [7, 11) is 12.7. The maximum absolute atomic E-state index is 11.7. The van der Waals surface area contributed by atoms with E-state index < -0.39 is 23.6 Å². The van der Waals surface area contributed by atoms with Crippen molar-refractivity contribution in [1.82, 2.24) is 10.1 Å². The smallest absolute Gasteiger partial charge is 0.285 e. The molecule has 4 amide bonds. The normalized spacial score (nSPS) is 12.5. The van der Waals surface area contributed by atoms with Gasteiger partial charge in [0.25, 0.3) is 23.6 Å². The number of aliphatic hydroxyl groups excluding tert-OH is 1. The maximum Gasteiger partial charge on any atom is 0.285 e. The Kier molecular flexibility index (Phi) is 20.4. The summed E-state index contributed by atoms with van der Waals surface area (Å²) in [6.45, 7) is 2.10. The summed E-state index contributed by atoms with van der Waals surface area (Å²) in [5, 5.41) is 17.8. The maximum atomic E-state index is 11.7. The molecule has 2 aliphatic heterocycles. The lowest BCUT2D eigenvalue weighted by molar-refractivity contribution is -0.103. The molecule has 4 rings (SSSR count). The van der Waals surface area contributed by atoms with Gasteiger partial charge in [-0.15, -0.1) is 10.1 Å². The van der Waals surface area contributed by atoms with E-state index in [1.165, 1.54) is 19.2 Å². The first-order valence-corrected chi connectivity index (χ1v) is 11.8. The summed E-state index contributed by atoms with van der Waals surface area (Å²) >= 11 is 0. The van der Waals surface area contributed by atoms with E-state index in [1.54, 1.807) is 50.6 Å². The number of amides is 4. The topological polar surface area (TPSA) is 187 Å². The number of rotatable bonds is 9. The van der Waals surface area contributed by atoms with Crippen molar-refractivity contribution in [3.05, 3.63) is 70.8 Å². The Bertz CT molecular complexity index is 1020. The van der Waals surface area contributed by atoms with Crippen molar-refractivity contribution >= 4 is 39.1 Å². The molecule has 0 aromatic heterocycles. The van der Waals surface area contributed by atoms with Crippen molar-refractivity contribution in [3.8, 4) is 0 Å². The molecule has 0 spiro atoms. The molecule has 41 heavy (non-hydrogen) atoms. The van der Waals surface area contributed by atoms with Gasteiger partial charge in [0.2, 0.25) is 0 Å². The van der Waals surface area contributed by atoms with Crippen LogP contribution < -0.4 is 5.90 Å². The van der Waals surface area contributed by atoms with Gasteiger partial charge in [0.15, 0.2) is 0 Å². The molecule has 4 N–H and O–H groups in total. The fourth-order valence-electron chi connectivity index (χ4n) is 2.90. The number of nitrogens with zero attached hydrogens (tertiary/aromatic N) is 2. The molecule has 0 saturated carbocycles. The van der Waals surface area contributed by atoms with Gasteiger partial charge in [-0.25, -0.2) is 5.90 Å². The molecule has 0 bridgehead atoms. The van der Waals surface area contributed by atoms with Gasteiger partial charge in [0.1, 0.15) is 0 Å². The third-order valence-corrected chi connectivity index (χ3v) is 4.74. The number of aliphatic hydroxyl groups is 1. The van der Waals surface area contributed by atoms with E-state index in [0.29, 0.717) is 37.6 Å². The summed E-state index contributed by atoms with van der Waals surface area (Å²) in [6, 6.07) is 12.9.